The fourth-order valence-electron chi connectivity index (χ4n) is 1.84. The molecule has 0 aliphatic heterocycles. The Balaban J connectivity index is 2.29. The van der Waals surface area contributed by atoms with Crippen LogP contribution in [-0.4, -0.2) is 45.2 Å². The van der Waals surface area contributed by atoms with Gasteiger partial charge in [0.15, 0.2) is 5.96 Å². The van der Waals surface area contributed by atoms with Crippen molar-refractivity contribution in [2.45, 2.75) is 20.3 Å². The zero-order valence-corrected chi connectivity index (χ0v) is 14.7. The molecule has 0 aliphatic rings. The Hall–Kier alpha value is -1.79. The molecule has 0 radical (unpaired) electrons. The highest BCUT2D eigenvalue weighted by atomic mass is 35.5. The van der Waals surface area contributed by atoms with Gasteiger partial charge < -0.3 is 20.7 Å². The number of carbonyl (C=O) groups excluding carboxylic acids is 1. The van der Waals surface area contributed by atoms with Crippen molar-refractivity contribution in [2.75, 3.05) is 38.7 Å². The number of carbonyl (C=O) groups is 1. The molecular formula is C16H25ClN4O2. The van der Waals surface area contributed by atoms with Crippen LogP contribution in [0.15, 0.2) is 23.2 Å². The summed E-state index contributed by atoms with van der Waals surface area (Å²) in [5.41, 5.74) is 1.68. The van der Waals surface area contributed by atoms with Crippen LogP contribution < -0.4 is 16.0 Å². The highest BCUT2D eigenvalue weighted by Gasteiger charge is 2.06. The maximum atomic E-state index is 11.9. The van der Waals surface area contributed by atoms with Crippen LogP contribution in [-0.2, 0) is 9.53 Å². The number of guanidine groups is 1. The number of hydrogen-bond acceptors (Lipinski definition) is 3. The lowest BCUT2D eigenvalue weighted by Crippen LogP contribution is -2.40. The molecule has 1 amide bonds. The Morgan fingerprint density at radius 1 is 1.30 bits per heavy atom. The van der Waals surface area contributed by atoms with Gasteiger partial charge in [0.25, 0.3) is 0 Å². The Labute approximate surface area is 142 Å². The number of amides is 1. The van der Waals surface area contributed by atoms with E-state index in [0.717, 1.165) is 5.56 Å². The summed E-state index contributed by atoms with van der Waals surface area (Å²) >= 11 is 6.09. The summed E-state index contributed by atoms with van der Waals surface area (Å²) in [7, 11) is 1.68. The number of nitrogens with one attached hydrogen (secondary N) is 3. The molecule has 23 heavy (non-hydrogen) atoms. The molecule has 7 heteroatoms. The highest BCUT2D eigenvalue weighted by Crippen LogP contribution is 2.22. The number of anilines is 1. The van der Waals surface area contributed by atoms with E-state index in [1.807, 2.05) is 26.0 Å². The van der Waals surface area contributed by atoms with E-state index in [9.17, 15) is 4.79 Å². The van der Waals surface area contributed by atoms with E-state index in [1.54, 1.807) is 13.1 Å². The van der Waals surface area contributed by atoms with Crippen molar-refractivity contribution in [2.24, 2.45) is 4.99 Å². The molecule has 0 fully saturated rings. The molecule has 0 heterocycles. The van der Waals surface area contributed by atoms with Crippen LogP contribution in [0.25, 0.3) is 0 Å². The minimum atomic E-state index is -0.104. The first-order chi connectivity index (χ1) is 11.1. The van der Waals surface area contributed by atoms with Crippen LogP contribution in [0.3, 0.4) is 0 Å². The van der Waals surface area contributed by atoms with Crippen LogP contribution >= 0.6 is 11.6 Å². The molecule has 0 aromatic heterocycles. The highest BCUT2D eigenvalue weighted by molar-refractivity contribution is 6.33. The number of ether oxygens (including phenoxy) is 1. The Kier molecular flexibility index (Phi) is 9.09. The number of nitrogens with zero attached hydrogens (tertiary/aromatic N) is 1. The van der Waals surface area contributed by atoms with E-state index in [0.29, 0.717) is 49.4 Å². The number of aryl methyl sites for hydroxylation is 1. The second kappa shape index (κ2) is 10.9. The van der Waals surface area contributed by atoms with Crippen molar-refractivity contribution in [3.8, 4) is 0 Å². The molecule has 0 spiro atoms. The second-order valence-electron chi connectivity index (χ2n) is 4.90. The molecule has 0 atom stereocenters. The van der Waals surface area contributed by atoms with Gasteiger partial charge in [-0.3, -0.25) is 9.79 Å². The molecule has 1 aromatic carbocycles. The molecule has 0 aliphatic carbocycles. The fourth-order valence-corrected chi connectivity index (χ4v) is 2.12. The molecule has 6 nitrogen and oxygen atoms in total. The van der Waals surface area contributed by atoms with E-state index in [2.05, 4.69) is 20.9 Å². The van der Waals surface area contributed by atoms with E-state index in [1.165, 1.54) is 0 Å². The molecular weight excluding hydrogens is 316 g/mol. The molecule has 128 valence electrons. The Bertz CT molecular complexity index is 535. The van der Waals surface area contributed by atoms with Gasteiger partial charge in [0, 0.05) is 33.2 Å². The summed E-state index contributed by atoms with van der Waals surface area (Å²) in [6.07, 6.45) is 0.316. The van der Waals surface area contributed by atoms with Crippen molar-refractivity contribution < 1.29 is 9.53 Å². The van der Waals surface area contributed by atoms with Gasteiger partial charge in [0.05, 0.1) is 17.3 Å². The number of benzene rings is 1. The largest absolute Gasteiger partial charge is 0.380 e. The summed E-state index contributed by atoms with van der Waals surface area (Å²) in [6.45, 7) is 6.35. The van der Waals surface area contributed by atoms with Crippen LogP contribution in [0, 0.1) is 6.92 Å². The summed E-state index contributed by atoms with van der Waals surface area (Å²) < 4.78 is 5.24. The zero-order valence-electron chi connectivity index (χ0n) is 13.9. The standard InChI is InChI=1S/C16H25ClN4O2/c1-4-23-10-9-20-16(18-3)19-8-7-15(22)21-14-6-5-12(2)11-13(14)17/h5-6,11H,4,7-10H2,1-3H3,(H,21,22)(H2,18,19,20). The van der Waals surface area contributed by atoms with Gasteiger partial charge in [-0.25, -0.2) is 0 Å². The van der Waals surface area contributed by atoms with Crippen molar-refractivity contribution in [3.63, 3.8) is 0 Å². The smallest absolute Gasteiger partial charge is 0.226 e. The molecule has 0 saturated carbocycles. The summed E-state index contributed by atoms with van der Waals surface area (Å²) in [5, 5.41) is 9.52. The van der Waals surface area contributed by atoms with E-state index in [-0.39, 0.29) is 5.91 Å². The van der Waals surface area contributed by atoms with Gasteiger partial charge in [-0.1, -0.05) is 17.7 Å². The monoisotopic (exact) mass is 340 g/mol. The lowest BCUT2D eigenvalue weighted by atomic mass is 10.2. The molecule has 1 aromatic rings. The maximum Gasteiger partial charge on any atom is 0.226 e. The SMILES string of the molecule is CCOCCNC(=NC)NCCC(=O)Nc1ccc(C)cc1Cl. The number of rotatable bonds is 8. The lowest BCUT2D eigenvalue weighted by molar-refractivity contribution is -0.116. The normalized spacial score (nSPS) is 11.2. The van der Waals surface area contributed by atoms with Crippen molar-refractivity contribution in [3.05, 3.63) is 28.8 Å². The van der Waals surface area contributed by atoms with Gasteiger partial charge in [-0.2, -0.15) is 0 Å². The first-order valence-corrected chi connectivity index (χ1v) is 8.03. The van der Waals surface area contributed by atoms with E-state index >= 15 is 0 Å². The predicted octanol–water partition coefficient (Wildman–Crippen LogP) is 2.18. The molecule has 0 unspecified atom stereocenters. The summed E-state index contributed by atoms with van der Waals surface area (Å²) in [5.74, 6) is 0.541. The number of hydrogen-bond donors (Lipinski definition) is 3. The summed E-state index contributed by atoms with van der Waals surface area (Å²) in [6, 6.07) is 5.53. The van der Waals surface area contributed by atoms with Crippen LogP contribution in [0.1, 0.15) is 18.9 Å². The third-order valence-electron chi connectivity index (χ3n) is 3.01. The van der Waals surface area contributed by atoms with Gasteiger partial charge in [-0.05, 0) is 31.5 Å². The first kappa shape index (κ1) is 19.3. The van der Waals surface area contributed by atoms with Crippen LogP contribution in [0.2, 0.25) is 5.02 Å². The quantitative estimate of drug-likeness (QED) is 0.385. The molecule has 0 bridgehead atoms. The summed E-state index contributed by atoms with van der Waals surface area (Å²) in [4.78, 5) is 16.0. The van der Waals surface area contributed by atoms with Crippen molar-refractivity contribution >= 4 is 29.2 Å². The molecule has 3 N–H and O–H groups in total. The maximum absolute atomic E-state index is 11.9. The van der Waals surface area contributed by atoms with Crippen LogP contribution in [0.5, 0.6) is 0 Å². The average Bonchev–Trinajstić information content (AvgIpc) is 2.52. The third-order valence-corrected chi connectivity index (χ3v) is 3.32. The zero-order chi connectivity index (χ0) is 17.1. The minimum absolute atomic E-state index is 0.104. The van der Waals surface area contributed by atoms with Crippen molar-refractivity contribution in [1.29, 1.82) is 0 Å². The van der Waals surface area contributed by atoms with E-state index in [4.69, 9.17) is 16.3 Å². The van der Waals surface area contributed by atoms with Gasteiger partial charge in [0.2, 0.25) is 5.91 Å². The van der Waals surface area contributed by atoms with Gasteiger partial charge >= 0.3 is 0 Å². The topological polar surface area (TPSA) is 74.8 Å². The molecule has 0 saturated heterocycles. The van der Waals surface area contributed by atoms with Crippen LogP contribution in [0.4, 0.5) is 5.69 Å². The van der Waals surface area contributed by atoms with E-state index < -0.39 is 0 Å². The Morgan fingerprint density at radius 3 is 2.70 bits per heavy atom. The fraction of sp³-hybridized carbons (Fsp3) is 0.500. The average molecular weight is 341 g/mol. The van der Waals surface area contributed by atoms with Crippen molar-refractivity contribution in [1.82, 2.24) is 10.6 Å². The Morgan fingerprint density at radius 2 is 2.04 bits per heavy atom. The van der Waals surface area contributed by atoms with Gasteiger partial charge in [0.1, 0.15) is 0 Å². The first-order valence-electron chi connectivity index (χ1n) is 7.65. The minimum Gasteiger partial charge on any atom is -0.380 e. The lowest BCUT2D eigenvalue weighted by Gasteiger charge is -2.12. The number of halogens is 1. The third kappa shape index (κ3) is 7.85. The predicted molar refractivity (Wildman–Crippen MR) is 95.3 cm³/mol. The van der Waals surface area contributed by atoms with Gasteiger partial charge in [-0.15, -0.1) is 0 Å². The second-order valence-corrected chi connectivity index (χ2v) is 5.31. The molecule has 1 rings (SSSR count). The number of aliphatic imine (C=N–C) groups is 1.